The number of fused-ring (bicyclic) bond motifs is 1. The molecule has 2 aromatic rings. The Labute approximate surface area is 135 Å². The first-order chi connectivity index (χ1) is 11.5. The molecular weight excluding hydrogens is 321 g/mol. The fourth-order valence-corrected chi connectivity index (χ4v) is 2.67. The average Bonchev–Trinajstić information content (AvgIpc) is 2.61. The van der Waals surface area contributed by atoms with Crippen molar-refractivity contribution in [2.45, 2.75) is 12.8 Å². The van der Waals surface area contributed by atoms with Crippen LogP contribution in [0.25, 0.3) is 0 Å². The van der Waals surface area contributed by atoms with E-state index in [4.69, 9.17) is 0 Å². The second-order valence-electron chi connectivity index (χ2n) is 5.37. The van der Waals surface area contributed by atoms with Crippen LogP contribution in [0.2, 0.25) is 0 Å². The van der Waals surface area contributed by atoms with E-state index in [9.17, 15) is 22.8 Å². The molecule has 1 aliphatic heterocycles. The Morgan fingerprint density at radius 2 is 1.75 bits per heavy atom. The maximum atomic E-state index is 13.6. The third-order valence-corrected chi connectivity index (χ3v) is 3.83. The Bertz CT molecular complexity index is 823. The highest BCUT2D eigenvalue weighted by Crippen LogP contribution is 2.27. The van der Waals surface area contributed by atoms with Crippen LogP contribution in [-0.4, -0.2) is 18.4 Å². The number of nitrogens with zero attached hydrogens (tertiary/aromatic N) is 1. The molecule has 2 aromatic carbocycles. The number of halogens is 3. The van der Waals surface area contributed by atoms with Gasteiger partial charge in [-0.2, -0.15) is 0 Å². The molecule has 1 aliphatic rings. The molecule has 1 heterocycles. The number of amides is 2. The molecule has 24 heavy (non-hydrogen) atoms. The summed E-state index contributed by atoms with van der Waals surface area (Å²) in [5.74, 6) is -6.62. The topological polar surface area (TPSA) is 49.4 Å². The molecule has 7 heteroatoms. The first kappa shape index (κ1) is 16.0. The highest BCUT2D eigenvalue weighted by Gasteiger charge is 2.28. The summed E-state index contributed by atoms with van der Waals surface area (Å²) in [5.41, 5.74) is 0.969. The third kappa shape index (κ3) is 2.84. The molecule has 3 rings (SSSR count). The van der Waals surface area contributed by atoms with Crippen LogP contribution in [0.15, 0.2) is 36.4 Å². The minimum Gasteiger partial charge on any atom is -0.315 e. The molecule has 124 valence electrons. The number of carbonyl (C=O) groups excluding carboxylic acids is 2. The van der Waals surface area contributed by atoms with E-state index in [1.54, 1.807) is 12.1 Å². The van der Waals surface area contributed by atoms with Crippen LogP contribution in [0.3, 0.4) is 0 Å². The fraction of sp³-hybridized carbons (Fsp3) is 0.176. The second kappa shape index (κ2) is 6.35. The Hall–Kier alpha value is -2.83. The van der Waals surface area contributed by atoms with Crippen molar-refractivity contribution < 1.29 is 22.8 Å². The van der Waals surface area contributed by atoms with Gasteiger partial charge in [0, 0.05) is 12.2 Å². The van der Waals surface area contributed by atoms with Crippen LogP contribution in [-0.2, 0) is 16.0 Å². The molecule has 0 saturated carbocycles. The number of aryl methyl sites for hydroxylation is 1. The molecule has 0 unspecified atom stereocenters. The number of rotatable bonds is 1. The molecule has 0 spiro atoms. The third-order valence-electron chi connectivity index (χ3n) is 3.83. The van der Waals surface area contributed by atoms with Crippen molar-refractivity contribution in [2.75, 3.05) is 16.8 Å². The van der Waals surface area contributed by atoms with Gasteiger partial charge in [-0.1, -0.05) is 18.2 Å². The zero-order chi connectivity index (χ0) is 17.3. The molecular formula is C17H13F3N2O2. The van der Waals surface area contributed by atoms with E-state index in [1.165, 1.54) is 4.90 Å². The monoisotopic (exact) mass is 334 g/mol. The molecule has 1 N–H and O–H groups in total. The summed E-state index contributed by atoms with van der Waals surface area (Å²) in [4.78, 5) is 25.7. The maximum Gasteiger partial charge on any atom is 0.316 e. The Kier molecular flexibility index (Phi) is 4.24. The van der Waals surface area contributed by atoms with Crippen molar-refractivity contribution in [1.82, 2.24) is 0 Å². The van der Waals surface area contributed by atoms with Crippen LogP contribution in [0.1, 0.15) is 12.0 Å². The highest BCUT2D eigenvalue weighted by molar-refractivity contribution is 6.44. The van der Waals surface area contributed by atoms with Crippen LogP contribution < -0.4 is 10.2 Å². The summed E-state index contributed by atoms with van der Waals surface area (Å²) in [5, 5.41) is 1.99. The number of carbonyl (C=O) groups is 2. The van der Waals surface area contributed by atoms with E-state index in [0.29, 0.717) is 24.7 Å². The Morgan fingerprint density at radius 1 is 1.00 bits per heavy atom. The first-order valence-electron chi connectivity index (χ1n) is 7.33. The van der Waals surface area contributed by atoms with Crippen molar-refractivity contribution in [3.63, 3.8) is 0 Å². The van der Waals surface area contributed by atoms with E-state index < -0.39 is 35.0 Å². The van der Waals surface area contributed by atoms with Crippen LogP contribution in [0, 0.1) is 17.5 Å². The fourth-order valence-electron chi connectivity index (χ4n) is 2.67. The minimum atomic E-state index is -1.71. The average molecular weight is 334 g/mol. The lowest BCUT2D eigenvalue weighted by atomic mass is 10.0. The molecule has 0 radical (unpaired) electrons. The first-order valence-corrected chi connectivity index (χ1v) is 7.33. The lowest BCUT2D eigenvalue weighted by Gasteiger charge is -2.28. The van der Waals surface area contributed by atoms with Gasteiger partial charge < -0.3 is 10.2 Å². The smallest absolute Gasteiger partial charge is 0.315 e. The van der Waals surface area contributed by atoms with Gasteiger partial charge in [-0.25, -0.2) is 13.2 Å². The molecule has 2 amide bonds. The largest absolute Gasteiger partial charge is 0.316 e. The zero-order valence-electron chi connectivity index (χ0n) is 12.5. The standard InChI is InChI=1S/C17H13F3N2O2/c18-11-7-8-12(15(20)14(11)19)21-16(23)17(24)22-9-3-5-10-4-1-2-6-13(10)22/h1-2,4,6-8H,3,5,9H2,(H,21,23). The summed E-state index contributed by atoms with van der Waals surface area (Å²) in [6.45, 7) is 0.351. The van der Waals surface area contributed by atoms with E-state index in [1.807, 2.05) is 17.4 Å². The minimum absolute atomic E-state index is 0.351. The summed E-state index contributed by atoms with van der Waals surface area (Å²) < 4.78 is 39.7. The van der Waals surface area contributed by atoms with E-state index in [-0.39, 0.29) is 0 Å². The molecule has 4 nitrogen and oxygen atoms in total. The second-order valence-corrected chi connectivity index (χ2v) is 5.37. The van der Waals surface area contributed by atoms with Gasteiger partial charge >= 0.3 is 11.8 Å². The Balaban J connectivity index is 1.82. The van der Waals surface area contributed by atoms with Gasteiger partial charge in [-0.15, -0.1) is 0 Å². The van der Waals surface area contributed by atoms with Gasteiger partial charge in [-0.3, -0.25) is 9.59 Å². The Morgan fingerprint density at radius 3 is 2.54 bits per heavy atom. The SMILES string of the molecule is O=C(Nc1ccc(F)c(F)c1F)C(=O)N1CCCc2ccccc21. The van der Waals surface area contributed by atoms with E-state index in [2.05, 4.69) is 0 Å². The van der Waals surface area contributed by atoms with Gasteiger partial charge in [0.2, 0.25) is 0 Å². The van der Waals surface area contributed by atoms with Crippen molar-refractivity contribution in [1.29, 1.82) is 0 Å². The molecule has 0 aromatic heterocycles. The summed E-state index contributed by atoms with van der Waals surface area (Å²) in [7, 11) is 0. The molecule has 0 atom stereocenters. The van der Waals surface area contributed by atoms with Crippen molar-refractivity contribution in [3.05, 3.63) is 59.4 Å². The summed E-state index contributed by atoms with van der Waals surface area (Å²) in [6, 6.07) is 8.71. The predicted molar refractivity (Wildman–Crippen MR) is 82.1 cm³/mol. The van der Waals surface area contributed by atoms with Gasteiger partial charge in [0.05, 0.1) is 5.69 Å². The van der Waals surface area contributed by atoms with Gasteiger partial charge in [0.1, 0.15) is 0 Å². The molecule has 0 fully saturated rings. The van der Waals surface area contributed by atoms with Crippen LogP contribution in [0.5, 0.6) is 0 Å². The summed E-state index contributed by atoms with van der Waals surface area (Å²) >= 11 is 0. The van der Waals surface area contributed by atoms with Crippen molar-refractivity contribution in [2.24, 2.45) is 0 Å². The lowest BCUT2D eigenvalue weighted by molar-refractivity contribution is -0.134. The van der Waals surface area contributed by atoms with Crippen molar-refractivity contribution >= 4 is 23.2 Å². The van der Waals surface area contributed by atoms with Gasteiger partial charge in [0.25, 0.3) is 0 Å². The number of hydrogen-bond donors (Lipinski definition) is 1. The highest BCUT2D eigenvalue weighted by atomic mass is 19.2. The molecule has 0 bridgehead atoms. The number of benzene rings is 2. The van der Waals surface area contributed by atoms with Gasteiger partial charge in [-0.05, 0) is 36.6 Å². The normalized spacial score (nSPS) is 13.4. The summed E-state index contributed by atoms with van der Waals surface area (Å²) in [6.07, 6.45) is 1.48. The van der Waals surface area contributed by atoms with Gasteiger partial charge in [0.15, 0.2) is 17.5 Å². The van der Waals surface area contributed by atoms with E-state index in [0.717, 1.165) is 18.1 Å². The van der Waals surface area contributed by atoms with Crippen LogP contribution >= 0.6 is 0 Å². The van der Waals surface area contributed by atoms with E-state index >= 15 is 0 Å². The molecule has 0 saturated heterocycles. The lowest BCUT2D eigenvalue weighted by Crippen LogP contribution is -2.42. The predicted octanol–water partition coefficient (Wildman–Crippen LogP) is 3.02. The number of anilines is 2. The quantitative estimate of drug-likeness (QED) is 0.644. The number of nitrogens with one attached hydrogen (secondary N) is 1. The molecule has 0 aliphatic carbocycles. The maximum absolute atomic E-state index is 13.6. The van der Waals surface area contributed by atoms with Crippen LogP contribution in [0.4, 0.5) is 24.5 Å². The number of para-hydroxylation sites is 1. The number of hydrogen-bond acceptors (Lipinski definition) is 2. The van der Waals surface area contributed by atoms with Crippen molar-refractivity contribution in [3.8, 4) is 0 Å². The zero-order valence-corrected chi connectivity index (χ0v) is 12.5.